The summed E-state index contributed by atoms with van der Waals surface area (Å²) in [6.07, 6.45) is -55.6. The second-order valence-corrected chi connectivity index (χ2v) is 25.6. The lowest BCUT2D eigenvalue weighted by atomic mass is 9.96. The molecule has 0 saturated carbocycles. The molecule has 21 saturated heterocycles. The average molecular weight is 1900 g/mol. The van der Waals surface area contributed by atoms with Crippen molar-refractivity contribution >= 4 is 158 Å². The number of hydrogen-bond acceptors (Lipinski definition) is 28. The molecule has 21 heterocycles. The van der Waals surface area contributed by atoms with Crippen molar-refractivity contribution in [3.05, 3.63) is 0 Å². The summed E-state index contributed by atoms with van der Waals surface area (Å²) in [5.74, 6) is 0. The third-order valence-electron chi connectivity index (χ3n) is 14.6. The number of halogens is 7. The Morgan fingerprint density at radius 1 is 0.169 bits per heavy atom. The van der Waals surface area contributed by atoms with Crippen molar-refractivity contribution in [1.29, 1.82) is 0 Å². The summed E-state index contributed by atoms with van der Waals surface area (Å²) in [5.41, 5.74) is 0. The van der Waals surface area contributed by atoms with Gasteiger partial charge in [-0.1, -0.05) is 158 Å². The van der Waals surface area contributed by atoms with Gasteiger partial charge in [-0.2, -0.15) is 0 Å². The minimum Gasteiger partial charge on any atom is -0.387 e. The van der Waals surface area contributed by atoms with Gasteiger partial charge in [0.1, 0.15) is 128 Å². The molecule has 77 heavy (non-hydrogen) atoms. The van der Waals surface area contributed by atoms with Crippen molar-refractivity contribution < 1.29 is 138 Å². The fourth-order valence-corrected chi connectivity index (χ4v) is 15.2. The second kappa shape index (κ2) is 29.5. The van der Waals surface area contributed by atoms with Crippen LogP contribution in [-0.4, -0.2) is 317 Å². The zero-order chi connectivity index (χ0) is 56.1. The van der Waals surface area contributed by atoms with E-state index in [1.165, 1.54) is 0 Å². The standard InChI is InChI=1S/C42H63I7O28/c43-1-8-29-15(50)22(57)36(64-8)72-30-9(2-44)66-38(24(59)17(30)52)74-32-11(4-46)68-40(26(61)19(32)54)76-34-13(6-48)70-42(28(63)21(34)56)77-35-14(7-49)69-41(27(62)20(35)55)75-33-12(5-47)67-39(25(60)18(33)53)73-31-10(3-45)65-37(71-29)23(58)16(31)51/h8-42,50-63H,1-7H2. The van der Waals surface area contributed by atoms with Gasteiger partial charge in [-0.15, -0.1) is 0 Å². The number of alkyl halides is 7. The molecule has 21 aliphatic heterocycles. The smallest absolute Gasteiger partial charge is 0.187 e. The molecule has 28 nitrogen and oxygen atoms in total. The van der Waals surface area contributed by atoms with Crippen LogP contribution in [0.25, 0.3) is 0 Å². The third-order valence-corrected chi connectivity index (χ3v) is 20.7. The summed E-state index contributed by atoms with van der Waals surface area (Å²) < 4.78 is 85.7. The Balaban J connectivity index is 1.08. The van der Waals surface area contributed by atoms with Crippen molar-refractivity contribution in [3.63, 3.8) is 0 Å². The van der Waals surface area contributed by atoms with Crippen molar-refractivity contribution in [1.82, 2.24) is 0 Å². The molecule has 21 rings (SSSR count). The van der Waals surface area contributed by atoms with Crippen LogP contribution >= 0.6 is 158 Å². The first-order valence-electron chi connectivity index (χ1n) is 24.3. The molecule has 35 unspecified atom stereocenters. The Hall–Kier alpha value is 3.99. The zero-order valence-corrected chi connectivity index (χ0v) is 54.9. The summed E-state index contributed by atoms with van der Waals surface area (Å²) in [6.45, 7) is 0. The van der Waals surface area contributed by atoms with E-state index in [9.17, 15) is 71.5 Å². The monoisotopic (exact) mass is 1900 g/mol. The predicted molar refractivity (Wildman–Crippen MR) is 311 cm³/mol. The van der Waals surface area contributed by atoms with Gasteiger partial charge in [-0.25, -0.2) is 0 Å². The van der Waals surface area contributed by atoms with E-state index in [-0.39, 0.29) is 31.0 Å². The highest BCUT2D eigenvalue weighted by molar-refractivity contribution is 14.1. The van der Waals surface area contributed by atoms with E-state index in [1.54, 1.807) is 0 Å². The van der Waals surface area contributed by atoms with Gasteiger partial charge in [0.2, 0.25) is 0 Å². The lowest BCUT2D eigenvalue weighted by Gasteiger charge is -2.50. The molecule has 14 bridgehead atoms. The van der Waals surface area contributed by atoms with Crippen LogP contribution in [0.1, 0.15) is 0 Å². The van der Waals surface area contributed by atoms with E-state index in [4.69, 9.17) is 66.3 Å². The third kappa shape index (κ3) is 14.1. The number of hydrogen-bond donors (Lipinski definition) is 14. The highest BCUT2D eigenvalue weighted by Gasteiger charge is 2.59. The maximum Gasteiger partial charge on any atom is 0.187 e. The van der Waals surface area contributed by atoms with Crippen LogP contribution in [0.5, 0.6) is 0 Å². The molecule has 0 aliphatic carbocycles. The Morgan fingerprint density at radius 2 is 0.273 bits per heavy atom. The van der Waals surface area contributed by atoms with Gasteiger partial charge >= 0.3 is 0 Å². The van der Waals surface area contributed by atoms with Crippen LogP contribution in [0.4, 0.5) is 0 Å². The summed E-state index contributed by atoms with van der Waals surface area (Å²) in [6, 6.07) is 0. The lowest BCUT2D eigenvalue weighted by molar-refractivity contribution is -0.388. The van der Waals surface area contributed by atoms with Crippen LogP contribution in [0.3, 0.4) is 0 Å². The number of aliphatic hydroxyl groups is 14. The van der Waals surface area contributed by atoms with Crippen LogP contribution in [0.15, 0.2) is 0 Å². The molecule has 35 heteroatoms. The van der Waals surface area contributed by atoms with Gasteiger partial charge < -0.3 is 138 Å². The Kier molecular flexibility index (Phi) is 25.7. The van der Waals surface area contributed by atoms with Crippen LogP contribution in [0, 0.1) is 0 Å². The van der Waals surface area contributed by atoms with Crippen molar-refractivity contribution in [2.24, 2.45) is 0 Å². The highest BCUT2D eigenvalue weighted by Crippen LogP contribution is 2.40. The molecule has 0 spiro atoms. The highest BCUT2D eigenvalue weighted by atomic mass is 127. The van der Waals surface area contributed by atoms with Gasteiger partial charge in [0, 0.05) is 31.0 Å². The first-order chi connectivity index (χ1) is 36.7. The van der Waals surface area contributed by atoms with Crippen LogP contribution in [-0.2, 0) is 66.3 Å². The summed E-state index contributed by atoms with van der Waals surface area (Å²) in [4.78, 5) is 0. The van der Waals surface area contributed by atoms with Crippen LogP contribution < -0.4 is 0 Å². The Labute approximate surface area is 535 Å². The van der Waals surface area contributed by atoms with Crippen molar-refractivity contribution in [2.75, 3.05) is 31.0 Å². The second-order valence-electron chi connectivity index (χ2n) is 19.5. The van der Waals surface area contributed by atoms with E-state index in [2.05, 4.69) is 0 Å². The normalized spacial score (nSPS) is 55.4. The quantitative estimate of drug-likeness (QED) is 0.0837. The first-order valence-corrected chi connectivity index (χ1v) is 35.0. The molecule has 0 radical (unpaired) electrons. The minimum absolute atomic E-state index is 0.0801. The Morgan fingerprint density at radius 3 is 0.364 bits per heavy atom. The van der Waals surface area contributed by atoms with E-state index in [0.717, 1.165) is 0 Å². The van der Waals surface area contributed by atoms with Gasteiger partial charge in [0.15, 0.2) is 44.0 Å². The van der Waals surface area contributed by atoms with E-state index in [0.29, 0.717) is 0 Å². The van der Waals surface area contributed by atoms with Gasteiger partial charge in [-0.05, 0) is 0 Å². The molecule has 0 aromatic heterocycles. The number of ether oxygens (including phenoxy) is 14. The maximum atomic E-state index is 11.6. The molecule has 0 amide bonds. The fourth-order valence-electron chi connectivity index (χ4n) is 10.3. The van der Waals surface area contributed by atoms with Crippen LogP contribution in [0.2, 0.25) is 0 Å². The van der Waals surface area contributed by atoms with E-state index < -0.39 is 215 Å². The van der Waals surface area contributed by atoms with Gasteiger partial charge in [0.25, 0.3) is 0 Å². The molecule has 0 aromatic rings. The fraction of sp³-hybridized carbons (Fsp3) is 1.00. The molecular formula is C42H63I7O28. The molecular weight excluding hydrogens is 1840 g/mol. The summed E-state index contributed by atoms with van der Waals surface area (Å²) >= 11 is 13.5. The molecule has 21 fully saturated rings. The average Bonchev–Trinajstić information content (AvgIpc) is 3.47. The first kappa shape index (κ1) is 66.9. The topological polar surface area (TPSA) is 412 Å². The largest absolute Gasteiger partial charge is 0.387 e. The SMILES string of the molecule is OC1C2OC(CI)C(OC3OC(CI)C(OC4OC(CI)C(OC5OC(CI)C(OC6OC(CI)C(OC7OC(CI)C(OC8OC(CI)C(O2)C(O)C8O)C(O)C7O)C(O)C6O)C(O)C5O)C(O)C4O)C(O)C3O)C1O. The van der Waals surface area contributed by atoms with Crippen molar-refractivity contribution in [2.45, 2.75) is 215 Å². The van der Waals surface area contributed by atoms with Crippen molar-refractivity contribution in [3.8, 4) is 0 Å². The zero-order valence-electron chi connectivity index (χ0n) is 39.8. The molecule has 21 aliphatic rings. The van der Waals surface area contributed by atoms with Gasteiger partial charge in [-0.3, -0.25) is 0 Å². The molecule has 448 valence electrons. The number of rotatable bonds is 7. The Bertz CT molecular complexity index is 1490. The maximum absolute atomic E-state index is 11.6. The summed E-state index contributed by atoms with van der Waals surface area (Å²) in [5, 5.41) is 161. The predicted octanol–water partition coefficient (Wildman–Crippen LogP) is -5.13. The van der Waals surface area contributed by atoms with E-state index >= 15 is 0 Å². The van der Waals surface area contributed by atoms with Gasteiger partial charge in [0.05, 0.1) is 42.7 Å². The minimum atomic E-state index is -1.90. The summed E-state index contributed by atoms with van der Waals surface area (Å²) in [7, 11) is 0. The number of aliphatic hydroxyl groups excluding tert-OH is 14. The molecule has 14 N–H and O–H groups in total. The van der Waals surface area contributed by atoms with E-state index in [1.807, 2.05) is 158 Å². The molecule has 35 atom stereocenters. The molecule has 0 aromatic carbocycles. The lowest BCUT2D eigenvalue weighted by Crippen LogP contribution is -2.68.